The van der Waals surface area contributed by atoms with Crippen LogP contribution in [0.5, 0.6) is 5.75 Å². The van der Waals surface area contributed by atoms with Crippen LogP contribution in [0.25, 0.3) is 5.69 Å². The predicted molar refractivity (Wildman–Crippen MR) is 87.4 cm³/mol. The van der Waals surface area contributed by atoms with Crippen molar-refractivity contribution in [3.8, 4) is 11.4 Å². The van der Waals surface area contributed by atoms with E-state index in [1.54, 1.807) is 24.3 Å². The van der Waals surface area contributed by atoms with Crippen LogP contribution < -0.4 is 10.1 Å². The summed E-state index contributed by atoms with van der Waals surface area (Å²) in [7, 11) is 0. The van der Waals surface area contributed by atoms with E-state index in [4.69, 9.17) is 4.74 Å². The summed E-state index contributed by atoms with van der Waals surface area (Å²) in [6.07, 6.45) is 1.50. The molecule has 0 atom stereocenters. The Hall–Kier alpha value is -2.74. The van der Waals surface area contributed by atoms with Gasteiger partial charge in [0, 0.05) is 10.2 Å². The van der Waals surface area contributed by atoms with Crippen LogP contribution in [0, 0.1) is 0 Å². The van der Waals surface area contributed by atoms with Crippen LogP contribution in [0.3, 0.4) is 0 Å². The minimum absolute atomic E-state index is 0.0591. The van der Waals surface area contributed by atoms with Gasteiger partial charge in [-0.3, -0.25) is 4.79 Å². The van der Waals surface area contributed by atoms with Gasteiger partial charge in [-0.15, -0.1) is 5.10 Å². The largest absolute Gasteiger partial charge is 0.484 e. The standard InChI is InChI=1S/C15H12BrN5O2/c16-11-1-7-14(8-2-11)23-9-15(22)18-12-3-5-13(6-4-12)21-10-17-19-20-21/h1-8,10H,9H2,(H,18,22). The van der Waals surface area contributed by atoms with E-state index in [0.29, 0.717) is 11.4 Å². The molecule has 23 heavy (non-hydrogen) atoms. The lowest BCUT2D eigenvalue weighted by atomic mass is 10.3. The van der Waals surface area contributed by atoms with Crippen molar-refractivity contribution >= 4 is 27.5 Å². The van der Waals surface area contributed by atoms with Gasteiger partial charge in [0.2, 0.25) is 0 Å². The zero-order valence-electron chi connectivity index (χ0n) is 11.9. The summed E-state index contributed by atoms with van der Waals surface area (Å²) >= 11 is 3.34. The molecule has 0 aliphatic rings. The number of rotatable bonds is 5. The van der Waals surface area contributed by atoms with Crippen LogP contribution in [0.1, 0.15) is 0 Å². The molecule has 0 saturated carbocycles. The van der Waals surface area contributed by atoms with Crippen LogP contribution in [-0.2, 0) is 4.79 Å². The highest BCUT2D eigenvalue weighted by atomic mass is 79.9. The molecule has 1 N–H and O–H groups in total. The highest BCUT2D eigenvalue weighted by molar-refractivity contribution is 9.10. The number of nitrogens with zero attached hydrogens (tertiary/aromatic N) is 4. The lowest BCUT2D eigenvalue weighted by molar-refractivity contribution is -0.118. The number of benzene rings is 2. The molecule has 2 aromatic carbocycles. The molecule has 1 heterocycles. The van der Waals surface area contributed by atoms with Crippen LogP contribution in [0.2, 0.25) is 0 Å². The maximum absolute atomic E-state index is 11.9. The smallest absolute Gasteiger partial charge is 0.262 e. The molecule has 0 unspecified atom stereocenters. The van der Waals surface area contributed by atoms with Gasteiger partial charge in [-0.2, -0.15) is 0 Å². The third-order valence-corrected chi connectivity index (χ3v) is 3.48. The Bertz CT molecular complexity index is 773. The Balaban J connectivity index is 1.54. The third-order valence-electron chi connectivity index (χ3n) is 2.95. The third kappa shape index (κ3) is 4.13. The van der Waals surface area contributed by atoms with Crippen molar-refractivity contribution in [3.05, 3.63) is 59.3 Å². The molecular weight excluding hydrogens is 362 g/mol. The predicted octanol–water partition coefficient (Wildman–Crippen LogP) is 2.44. The molecule has 1 amide bonds. The quantitative estimate of drug-likeness (QED) is 0.742. The average molecular weight is 374 g/mol. The molecule has 0 fully saturated rings. The topological polar surface area (TPSA) is 81.9 Å². The Morgan fingerprint density at radius 2 is 1.87 bits per heavy atom. The molecule has 0 aliphatic heterocycles. The SMILES string of the molecule is O=C(COc1ccc(Br)cc1)Nc1ccc(-n2cnnn2)cc1. The van der Waals surface area contributed by atoms with Crippen molar-refractivity contribution in [2.24, 2.45) is 0 Å². The van der Waals surface area contributed by atoms with Crippen molar-refractivity contribution in [1.29, 1.82) is 0 Å². The molecule has 0 aliphatic carbocycles. The van der Waals surface area contributed by atoms with E-state index in [1.807, 2.05) is 24.3 Å². The van der Waals surface area contributed by atoms with E-state index >= 15 is 0 Å². The molecule has 8 heteroatoms. The summed E-state index contributed by atoms with van der Waals surface area (Å²) < 4.78 is 7.90. The Morgan fingerprint density at radius 1 is 1.13 bits per heavy atom. The van der Waals surface area contributed by atoms with Gasteiger partial charge in [-0.25, -0.2) is 4.68 Å². The molecule has 1 aromatic heterocycles. The molecule has 3 rings (SSSR count). The van der Waals surface area contributed by atoms with Crippen molar-refractivity contribution in [2.45, 2.75) is 0 Å². The van der Waals surface area contributed by atoms with Crippen LogP contribution in [-0.4, -0.2) is 32.7 Å². The fourth-order valence-electron chi connectivity index (χ4n) is 1.85. The van der Waals surface area contributed by atoms with E-state index in [0.717, 1.165) is 10.2 Å². The fraction of sp³-hybridized carbons (Fsp3) is 0.0667. The first kappa shape index (κ1) is 15.2. The van der Waals surface area contributed by atoms with Crippen molar-refractivity contribution < 1.29 is 9.53 Å². The summed E-state index contributed by atoms with van der Waals surface area (Å²) in [6.45, 7) is -0.0591. The number of hydrogen-bond donors (Lipinski definition) is 1. The maximum Gasteiger partial charge on any atom is 0.262 e. The van der Waals surface area contributed by atoms with Crippen LogP contribution in [0.4, 0.5) is 5.69 Å². The van der Waals surface area contributed by atoms with Gasteiger partial charge >= 0.3 is 0 Å². The van der Waals surface area contributed by atoms with E-state index in [9.17, 15) is 4.79 Å². The van der Waals surface area contributed by atoms with Crippen molar-refractivity contribution in [2.75, 3.05) is 11.9 Å². The number of halogens is 1. The lowest BCUT2D eigenvalue weighted by Gasteiger charge is -2.08. The summed E-state index contributed by atoms with van der Waals surface area (Å²) in [5.41, 5.74) is 1.48. The number of ether oxygens (including phenoxy) is 1. The zero-order valence-corrected chi connectivity index (χ0v) is 13.5. The second kappa shape index (κ2) is 7.01. The Labute approximate surface area is 140 Å². The maximum atomic E-state index is 11.9. The molecule has 0 radical (unpaired) electrons. The number of hydrogen-bond acceptors (Lipinski definition) is 5. The van der Waals surface area contributed by atoms with Gasteiger partial charge in [0.1, 0.15) is 12.1 Å². The van der Waals surface area contributed by atoms with Crippen LogP contribution in [0.15, 0.2) is 59.3 Å². The first-order chi connectivity index (χ1) is 11.2. The molecule has 0 spiro atoms. The molecule has 3 aromatic rings. The van der Waals surface area contributed by atoms with E-state index in [1.165, 1.54) is 11.0 Å². The average Bonchev–Trinajstić information content (AvgIpc) is 3.09. The van der Waals surface area contributed by atoms with Gasteiger partial charge in [-0.05, 0) is 59.0 Å². The van der Waals surface area contributed by atoms with Gasteiger partial charge in [0.05, 0.1) is 5.69 Å². The summed E-state index contributed by atoms with van der Waals surface area (Å²) in [4.78, 5) is 11.9. The summed E-state index contributed by atoms with van der Waals surface area (Å²) in [6, 6.07) is 14.4. The molecule has 0 bridgehead atoms. The van der Waals surface area contributed by atoms with E-state index in [2.05, 4.69) is 36.8 Å². The van der Waals surface area contributed by atoms with E-state index < -0.39 is 0 Å². The van der Waals surface area contributed by atoms with Crippen molar-refractivity contribution in [3.63, 3.8) is 0 Å². The lowest BCUT2D eigenvalue weighted by Crippen LogP contribution is -2.20. The normalized spacial score (nSPS) is 10.3. The highest BCUT2D eigenvalue weighted by Crippen LogP contribution is 2.16. The Morgan fingerprint density at radius 3 is 2.52 bits per heavy atom. The number of amides is 1. The molecule has 116 valence electrons. The summed E-state index contributed by atoms with van der Waals surface area (Å²) in [5.74, 6) is 0.403. The zero-order chi connectivity index (χ0) is 16.1. The van der Waals surface area contributed by atoms with Gasteiger partial charge in [0.25, 0.3) is 5.91 Å². The molecule has 7 nitrogen and oxygen atoms in total. The fourth-order valence-corrected chi connectivity index (χ4v) is 2.12. The van der Waals surface area contributed by atoms with Crippen molar-refractivity contribution in [1.82, 2.24) is 20.2 Å². The van der Waals surface area contributed by atoms with Gasteiger partial charge in [0.15, 0.2) is 6.61 Å². The monoisotopic (exact) mass is 373 g/mol. The van der Waals surface area contributed by atoms with E-state index in [-0.39, 0.29) is 12.5 Å². The van der Waals surface area contributed by atoms with Gasteiger partial charge < -0.3 is 10.1 Å². The number of nitrogens with one attached hydrogen (secondary N) is 1. The minimum atomic E-state index is -0.233. The summed E-state index contributed by atoms with van der Waals surface area (Å²) in [5, 5.41) is 13.7. The molecular formula is C15H12BrN5O2. The number of tetrazole rings is 1. The number of carbonyl (C=O) groups excluding carboxylic acids is 1. The Kier molecular flexibility index (Phi) is 4.62. The second-order valence-corrected chi connectivity index (χ2v) is 5.51. The first-order valence-electron chi connectivity index (χ1n) is 6.72. The number of carbonyl (C=O) groups is 1. The highest BCUT2D eigenvalue weighted by Gasteiger charge is 2.05. The first-order valence-corrected chi connectivity index (χ1v) is 7.52. The minimum Gasteiger partial charge on any atom is -0.484 e. The number of anilines is 1. The van der Waals surface area contributed by atoms with Gasteiger partial charge in [-0.1, -0.05) is 15.9 Å². The molecule has 0 saturated heterocycles. The van der Waals surface area contributed by atoms with Crippen LogP contribution >= 0.6 is 15.9 Å². The second-order valence-electron chi connectivity index (χ2n) is 4.59. The number of aromatic nitrogens is 4.